The first-order valence-corrected chi connectivity index (χ1v) is 7.82. The van der Waals surface area contributed by atoms with Crippen molar-refractivity contribution in [1.82, 2.24) is 10.2 Å². The maximum atomic E-state index is 5.53. The van der Waals surface area contributed by atoms with Crippen LogP contribution >= 0.6 is 0 Å². The van der Waals surface area contributed by atoms with Gasteiger partial charge in [0.15, 0.2) is 0 Å². The lowest BCUT2D eigenvalue weighted by Crippen LogP contribution is -2.47. The summed E-state index contributed by atoms with van der Waals surface area (Å²) in [6.45, 7) is 11.7. The number of hydrogen-bond acceptors (Lipinski definition) is 3. The Morgan fingerprint density at radius 2 is 2.10 bits per heavy atom. The minimum Gasteiger partial charge on any atom is -0.379 e. The minimum absolute atomic E-state index is 0.427. The summed E-state index contributed by atoms with van der Waals surface area (Å²) in [7, 11) is 0. The molecule has 1 heterocycles. The average Bonchev–Trinajstić information content (AvgIpc) is 2.48. The highest BCUT2D eigenvalue weighted by Crippen LogP contribution is 2.23. The van der Waals surface area contributed by atoms with E-state index >= 15 is 0 Å². The van der Waals surface area contributed by atoms with Crippen molar-refractivity contribution in [2.45, 2.75) is 32.9 Å². The first-order chi connectivity index (χ1) is 9.72. The summed E-state index contributed by atoms with van der Waals surface area (Å²) in [5.41, 5.74) is 1.39. The van der Waals surface area contributed by atoms with Crippen molar-refractivity contribution in [3.05, 3.63) is 35.9 Å². The molecule has 0 spiro atoms. The predicted molar refractivity (Wildman–Crippen MR) is 83.9 cm³/mol. The van der Waals surface area contributed by atoms with E-state index in [2.05, 4.69) is 61.3 Å². The summed E-state index contributed by atoms with van der Waals surface area (Å²) in [4.78, 5) is 2.56. The van der Waals surface area contributed by atoms with Crippen LogP contribution in [0.4, 0.5) is 0 Å². The number of rotatable bonds is 6. The zero-order valence-corrected chi connectivity index (χ0v) is 13.0. The van der Waals surface area contributed by atoms with Crippen molar-refractivity contribution < 1.29 is 4.74 Å². The van der Waals surface area contributed by atoms with E-state index in [4.69, 9.17) is 4.74 Å². The van der Waals surface area contributed by atoms with Crippen LogP contribution in [-0.4, -0.2) is 43.8 Å². The fraction of sp³-hybridized carbons (Fsp3) is 0.647. The molecule has 1 aromatic carbocycles. The van der Waals surface area contributed by atoms with Crippen LogP contribution in [0.5, 0.6) is 0 Å². The van der Waals surface area contributed by atoms with Gasteiger partial charge in [0, 0.05) is 25.2 Å². The van der Waals surface area contributed by atoms with E-state index in [1.165, 1.54) is 5.56 Å². The molecule has 1 N–H and O–H groups in total. The number of nitrogens with one attached hydrogen (secondary N) is 1. The Hall–Kier alpha value is -0.900. The van der Waals surface area contributed by atoms with E-state index in [-0.39, 0.29) is 0 Å². The Bertz CT molecular complexity index is 382. The quantitative estimate of drug-likeness (QED) is 0.864. The Balaban J connectivity index is 2.01. The summed E-state index contributed by atoms with van der Waals surface area (Å²) in [5.74, 6) is 0.581. The molecule has 0 bridgehead atoms. The Morgan fingerprint density at radius 1 is 1.35 bits per heavy atom. The lowest BCUT2D eigenvalue weighted by molar-refractivity contribution is -0.00852. The third kappa shape index (κ3) is 4.05. The van der Waals surface area contributed by atoms with Gasteiger partial charge in [0.25, 0.3) is 0 Å². The molecule has 1 saturated heterocycles. The summed E-state index contributed by atoms with van der Waals surface area (Å²) >= 11 is 0. The number of morpholine rings is 1. The van der Waals surface area contributed by atoms with Crippen molar-refractivity contribution in [2.24, 2.45) is 5.92 Å². The second-order valence-electron chi connectivity index (χ2n) is 5.84. The topological polar surface area (TPSA) is 24.5 Å². The van der Waals surface area contributed by atoms with Crippen molar-refractivity contribution in [2.75, 3.05) is 32.8 Å². The molecule has 112 valence electrons. The summed E-state index contributed by atoms with van der Waals surface area (Å²) in [6.07, 6.45) is 0. The normalized spacial score (nSPS) is 23.4. The molecule has 1 aliphatic rings. The molecule has 0 radical (unpaired) electrons. The molecule has 0 aromatic heterocycles. The number of nitrogens with zero attached hydrogens (tertiary/aromatic N) is 1. The lowest BCUT2D eigenvalue weighted by atomic mass is 9.93. The molecule has 3 unspecified atom stereocenters. The second-order valence-corrected chi connectivity index (χ2v) is 5.84. The van der Waals surface area contributed by atoms with Gasteiger partial charge in [-0.2, -0.15) is 0 Å². The minimum atomic E-state index is 0.427. The van der Waals surface area contributed by atoms with Crippen LogP contribution in [0.2, 0.25) is 0 Å². The van der Waals surface area contributed by atoms with Crippen molar-refractivity contribution in [3.63, 3.8) is 0 Å². The third-order valence-corrected chi connectivity index (χ3v) is 4.18. The molecule has 1 fully saturated rings. The number of hydrogen-bond donors (Lipinski definition) is 1. The smallest absolute Gasteiger partial charge is 0.0619 e. The zero-order chi connectivity index (χ0) is 14.4. The Kier molecular flexibility index (Phi) is 6.02. The van der Waals surface area contributed by atoms with Crippen LogP contribution in [0, 0.1) is 5.92 Å². The Labute approximate surface area is 123 Å². The molecule has 0 saturated carbocycles. The molecular formula is C17H28N2O. The third-order valence-electron chi connectivity index (χ3n) is 4.18. The molecular weight excluding hydrogens is 248 g/mol. The fourth-order valence-corrected chi connectivity index (χ4v) is 3.04. The lowest BCUT2D eigenvalue weighted by Gasteiger charge is -2.37. The molecule has 20 heavy (non-hydrogen) atoms. The van der Waals surface area contributed by atoms with Gasteiger partial charge in [-0.1, -0.05) is 44.2 Å². The van der Waals surface area contributed by atoms with Crippen molar-refractivity contribution >= 4 is 0 Å². The molecule has 3 nitrogen and oxygen atoms in total. The van der Waals surface area contributed by atoms with Gasteiger partial charge >= 0.3 is 0 Å². The van der Waals surface area contributed by atoms with Gasteiger partial charge in [0.2, 0.25) is 0 Å². The molecule has 3 heteroatoms. The standard InChI is InChI=1S/C17H28N2O/c1-4-18-17(16-8-6-5-7-9-16)14(2)12-19-10-11-20-13-15(19)3/h5-9,14-15,17-18H,4,10-13H2,1-3H3. The number of benzene rings is 1. The molecule has 3 atom stereocenters. The van der Waals surface area contributed by atoms with Crippen LogP contribution in [0.25, 0.3) is 0 Å². The molecule has 1 aliphatic heterocycles. The van der Waals surface area contributed by atoms with Gasteiger partial charge in [-0.15, -0.1) is 0 Å². The van der Waals surface area contributed by atoms with Crippen molar-refractivity contribution in [3.8, 4) is 0 Å². The molecule has 0 aliphatic carbocycles. The predicted octanol–water partition coefficient (Wildman–Crippen LogP) is 2.69. The van der Waals surface area contributed by atoms with E-state index < -0.39 is 0 Å². The first kappa shape index (κ1) is 15.5. The maximum Gasteiger partial charge on any atom is 0.0619 e. The second kappa shape index (κ2) is 7.77. The highest BCUT2D eigenvalue weighted by Gasteiger charge is 2.25. The Morgan fingerprint density at radius 3 is 2.75 bits per heavy atom. The maximum absolute atomic E-state index is 5.53. The highest BCUT2D eigenvalue weighted by molar-refractivity contribution is 5.19. The van der Waals surface area contributed by atoms with Gasteiger partial charge in [-0.3, -0.25) is 4.90 Å². The van der Waals surface area contributed by atoms with Gasteiger partial charge in [0.05, 0.1) is 13.2 Å². The highest BCUT2D eigenvalue weighted by atomic mass is 16.5. The van der Waals surface area contributed by atoms with Gasteiger partial charge in [-0.05, 0) is 24.9 Å². The SMILES string of the molecule is CCNC(c1ccccc1)C(C)CN1CCOCC1C. The van der Waals surface area contributed by atoms with Crippen molar-refractivity contribution in [1.29, 1.82) is 0 Å². The van der Waals surface area contributed by atoms with Crippen LogP contribution < -0.4 is 5.32 Å². The fourth-order valence-electron chi connectivity index (χ4n) is 3.04. The summed E-state index contributed by atoms with van der Waals surface area (Å²) < 4.78 is 5.53. The first-order valence-electron chi connectivity index (χ1n) is 7.82. The van der Waals surface area contributed by atoms with Crippen LogP contribution in [0.1, 0.15) is 32.4 Å². The largest absolute Gasteiger partial charge is 0.379 e. The molecule has 2 rings (SSSR count). The van der Waals surface area contributed by atoms with E-state index in [0.717, 1.165) is 32.8 Å². The van der Waals surface area contributed by atoms with Gasteiger partial charge < -0.3 is 10.1 Å². The van der Waals surface area contributed by atoms with E-state index in [0.29, 0.717) is 18.0 Å². The van der Waals surface area contributed by atoms with Crippen LogP contribution in [0.15, 0.2) is 30.3 Å². The van der Waals surface area contributed by atoms with Gasteiger partial charge in [0.1, 0.15) is 0 Å². The average molecular weight is 276 g/mol. The monoisotopic (exact) mass is 276 g/mol. The molecule has 1 aromatic rings. The van der Waals surface area contributed by atoms with Gasteiger partial charge in [-0.25, -0.2) is 0 Å². The van der Waals surface area contributed by atoms with E-state index in [9.17, 15) is 0 Å². The van der Waals surface area contributed by atoms with E-state index in [1.807, 2.05) is 0 Å². The van der Waals surface area contributed by atoms with Crippen LogP contribution in [0.3, 0.4) is 0 Å². The molecule has 0 amide bonds. The summed E-state index contributed by atoms with van der Waals surface area (Å²) in [5, 5.41) is 3.65. The van der Waals surface area contributed by atoms with E-state index in [1.54, 1.807) is 0 Å². The zero-order valence-electron chi connectivity index (χ0n) is 13.0. The summed E-state index contributed by atoms with van der Waals surface area (Å²) in [6, 6.07) is 11.8. The van der Waals surface area contributed by atoms with Crippen LogP contribution in [-0.2, 0) is 4.74 Å². The number of ether oxygens (including phenoxy) is 1.